The molecule has 0 aliphatic carbocycles. The lowest BCUT2D eigenvalue weighted by Gasteiger charge is -2.26. The molecule has 1 fully saturated rings. The van der Waals surface area contributed by atoms with Gasteiger partial charge in [-0.25, -0.2) is 4.79 Å². The molecular weight excluding hydrogens is 600 g/mol. The molecule has 8 atom stereocenters. The van der Waals surface area contributed by atoms with E-state index in [4.69, 9.17) is 14.6 Å². The number of hydrogen-bond acceptors (Lipinski definition) is 10. The van der Waals surface area contributed by atoms with E-state index in [-0.39, 0.29) is 24.7 Å². The van der Waals surface area contributed by atoms with Crippen molar-refractivity contribution in [3.8, 4) is 0 Å². The molecule has 0 bridgehead atoms. The van der Waals surface area contributed by atoms with Crippen LogP contribution in [0.15, 0.2) is 0 Å². The maximum atomic E-state index is 11.6. The van der Waals surface area contributed by atoms with Crippen LogP contribution in [0.4, 0.5) is 0 Å². The fourth-order valence-electron chi connectivity index (χ4n) is 6.13. The van der Waals surface area contributed by atoms with Gasteiger partial charge in [0, 0.05) is 0 Å². The Kier molecular flexibility index (Phi) is 22.9. The maximum absolute atomic E-state index is 11.6. The topological polar surface area (TPSA) is 214 Å². The molecular formula is C34H64O12. The summed E-state index contributed by atoms with van der Waals surface area (Å²) in [4.78, 5) is 22.1. The zero-order chi connectivity index (χ0) is 34.4. The second kappa shape index (κ2) is 24.7. The van der Waals surface area contributed by atoms with E-state index in [1.807, 2.05) is 0 Å². The highest BCUT2D eigenvalue weighted by molar-refractivity contribution is 5.79. The molecule has 1 saturated heterocycles. The Morgan fingerprint density at radius 1 is 0.696 bits per heavy atom. The first-order valence-corrected chi connectivity index (χ1v) is 17.8. The Hall–Kier alpha value is -1.38. The Balaban J connectivity index is 2.14. The molecule has 0 radical (unpaired) electrons. The molecule has 8 N–H and O–H groups in total. The lowest BCUT2D eigenvalue weighted by molar-refractivity contribution is -0.197. The molecule has 1 aliphatic heterocycles. The molecule has 1 heterocycles. The standard InChI is InChI=1S/C34H64O12/c1-2-3-9-21-28(45-32-31(41)34(44,33(42)43)29(24-35)46-32)22-15-7-6-12-18-25(36)16-10-4-5-11-17-26(37)19-13-8-14-20-27(38)23-30(39)40/h25-29,31-32,35-38,41,44H,2-24H2,1H3,(H,39,40)(H,42,43)/t25?,26?,27?,28?,29-,31+,32-,34-/m1/s1. The quantitative estimate of drug-likeness (QED) is 0.0511. The van der Waals surface area contributed by atoms with Gasteiger partial charge < -0.3 is 50.3 Å². The summed E-state index contributed by atoms with van der Waals surface area (Å²) >= 11 is 0. The average Bonchev–Trinajstić information content (AvgIpc) is 3.25. The van der Waals surface area contributed by atoms with Crippen molar-refractivity contribution in [3.63, 3.8) is 0 Å². The summed E-state index contributed by atoms with van der Waals surface area (Å²) in [6.07, 6.45) is 11.4. The van der Waals surface area contributed by atoms with Crippen LogP contribution in [-0.4, -0.2) is 108 Å². The second-order valence-electron chi connectivity index (χ2n) is 13.2. The summed E-state index contributed by atoms with van der Waals surface area (Å²) in [7, 11) is 0. The summed E-state index contributed by atoms with van der Waals surface area (Å²) in [5.41, 5.74) is -2.63. The van der Waals surface area contributed by atoms with Gasteiger partial charge in [0.05, 0.1) is 37.4 Å². The van der Waals surface area contributed by atoms with Gasteiger partial charge in [-0.15, -0.1) is 0 Å². The van der Waals surface area contributed by atoms with Gasteiger partial charge >= 0.3 is 11.9 Å². The molecule has 0 aromatic carbocycles. The summed E-state index contributed by atoms with van der Waals surface area (Å²) in [5.74, 6) is -2.65. The smallest absolute Gasteiger partial charge is 0.341 e. The zero-order valence-corrected chi connectivity index (χ0v) is 28.0. The first-order chi connectivity index (χ1) is 21.9. The zero-order valence-electron chi connectivity index (χ0n) is 28.0. The second-order valence-corrected chi connectivity index (χ2v) is 13.2. The number of aliphatic carboxylic acids is 2. The van der Waals surface area contributed by atoms with Gasteiger partial charge in [-0.2, -0.15) is 0 Å². The minimum absolute atomic E-state index is 0.219. The van der Waals surface area contributed by atoms with Gasteiger partial charge in [-0.1, -0.05) is 96.8 Å². The summed E-state index contributed by atoms with van der Waals surface area (Å²) in [6.45, 7) is 1.33. The molecule has 0 spiro atoms. The average molecular weight is 665 g/mol. The van der Waals surface area contributed by atoms with E-state index in [1.54, 1.807) is 0 Å². The summed E-state index contributed by atoms with van der Waals surface area (Å²) in [5, 5.41) is 78.5. The van der Waals surface area contributed by atoms with Gasteiger partial charge in [-0.05, 0) is 44.9 Å². The van der Waals surface area contributed by atoms with Gasteiger partial charge in [0.25, 0.3) is 0 Å². The number of unbranched alkanes of at least 4 members (excludes halogenated alkanes) is 10. The summed E-state index contributed by atoms with van der Waals surface area (Å²) < 4.78 is 11.3. The highest BCUT2D eigenvalue weighted by Gasteiger charge is 2.61. The molecule has 12 nitrogen and oxygen atoms in total. The Bertz CT molecular complexity index is 798. The van der Waals surface area contributed by atoms with Crippen LogP contribution in [0.3, 0.4) is 0 Å². The third-order valence-corrected chi connectivity index (χ3v) is 9.09. The molecule has 12 heteroatoms. The van der Waals surface area contributed by atoms with Crippen molar-refractivity contribution in [1.82, 2.24) is 0 Å². The van der Waals surface area contributed by atoms with Crippen molar-refractivity contribution in [1.29, 1.82) is 0 Å². The number of hydrogen-bond donors (Lipinski definition) is 8. The monoisotopic (exact) mass is 664 g/mol. The third kappa shape index (κ3) is 17.1. The van der Waals surface area contributed by atoms with Crippen LogP contribution >= 0.6 is 0 Å². The van der Waals surface area contributed by atoms with Gasteiger partial charge in [0.15, 0.2) is 6.29 Å². The number of carbonyl (C=O) groups is 2. The first kappa shape index (κ1) is 42.6. The molecule has 4 unspecified atom stereocenters. The first-order valence-electron chi connectivity index (χ1n) is 17.8. The molecule has 1 aliphatic rings. The van der Waals surface area contributed by atoms with Gasteiger partial charge in [0.2, 0.25) is 5.60 Å². The Morgan fingerprint density at radius 3 is 1.50 bits per heavy atom. The predicted molar refractivity (Wildman–Crippen MR) is 172 cm³/mol. The maximum Gasteiger partial charge on any atom is 0.341 e. The molecule has 46 heavy (non-hydrogen) atoms. The highest BCUT2D eigenvalue weighted by atomic mass is 16.7. The van der Waals surface area contributed by atoms with Crippen LogP contribution in [0.1, 0.15) is 148 Å². The predicted octanol–water partition coefficient (Wildman–Crippen LogP) is 4.03. The van der Waals surface area contributed by atoms with Crippen molar-refractivity contribution in [2.75, 3.05) is 6.61 Å². The van der Waals surface area contributed by atoms with Crippen LogP contribution in [-0.2, 0) is 19.1 Å². The minimum Gasteiger partial charge on any atom is -0.481 e. The van der Waals surface area contributed by atoms with Crippen molar-refractivity contribution in [2.45, 2.75) is 197 Å². The molecule has 0 aromatic heterocycles. The van der Waals surface area contributed by atoms with Crippen molar-refractivity contribution in [2.24, 2.45) is 0 Å². The largest absolute Gasteiger partial charge is 0.481 e. The van der Waals surface area contributed by atoms with Crippen molar-refractivity contribution in [3.05, 3.63) is 0 Å². The van der Waals surface area contributed by atoms with E-state index >= 15 is 0 Å². The lowest BCUT2D eigenvalue weighted by Crippen LogP contribution is -2.56. The van der Waals surface area contributed by atoms with E-state index in [1.165, 1.54) is 0 Å². The van der Waals surface area contributed by atoms with E-state index in [2.05, 4.69) is 6.92 Å². The summed E-state index contributed by atoms with van der Waals surface area (Å²) in [6, 6.07) is 0. The highest BCUT2D eigenvalue weighted by Crippen LogP contribution is 2.34. The van der Waals surface area contributed by atoms with Crippen LogP contribution < -0.4 is 0 Å². The lowest BCUT2D eigenvalue weighted by atomic mass is 9.93. The van der Waals surface area contributed by atoms with E-state index in [0.29, 0.717) is 12.8 Å². The Labute approximate surface area is 275 Å². The SMILES string of the molecule is CCCCCC(CCCCCCC(O)CCCCCCC(O)CCCCCC(O)CC(=O)O)O[C@@H]1O[C@H](CO)[C@](O)(C(=O)O)[C@H]1O. The third-order valence-electron chi connectivity index (χ3n) is 9.09. The van der Waals surface area contributed by atoms with Crippen LogP contribution in [0, 0.1) is 0 Å². The number of carboxylic acids is 2. The number of carboxylic acid groups (broad SMARTS) is 2. The van der Waals surface area contributed by atoms with Crippen LogP contribution in [0.2, 0.25) is 0 Å². The normalized spacial score (nSPS) is 24.1. The number of rotatable bonds is 30. The van der Waals surface area contributed by atoms with Crippen LogP contribution in [0.5, 0.6) is 0 Å². The molecule has 0 amide bonds. The molecule has 272 valence electrons. The minimum atomic E-state index is -2.63. The molecule has 0 aromatic rings. The Morgan fingerprint density at radius 2 is 1.11 bits per heavy atom. The number of ether oxygens (including phenoxy) is 2. The molecule has 1 rings (SSSR count). The van der Waals surface area contributed by atoms with E-state index in [0.717, 1.165) is 122 Å². The fraction of sp³-hybridized carbons (Fsp3) is 0.941. The fourth-order valence-corrected chi connectivity index (χ4v) is 6.13. The van der Waals surface area contributed by atoms with E-state index < -0.39 is 48.7 Å². The van der Waals surface area contributed by atoms with Crippen molar-refractivity contribution >= 4 is 11.9 Å². The van der Waals surface area contributed by atoms with Crippen LogP contribution in [0.25, 0.3) is 0 Å². The number of aliphatic hydroxyl groups is 6. The van der Waals surface area contributed by atoms with Gasteiger partial charge in [-0.3, -0.25) is 4.79 Å². The molecule has 0 saturated carbocycles. The van der Waals surface area contributed by atoms with Crippen molar-refractivity contribution < 1.29 is 59.9 Å². The van der Waals surface area contributed by atoms with Gasteiger partial charge in [0.1, 0.15) is 12.2 Å². The number of aliphatic hydroxyl groups excluding tert-OH is 5. The van der Waals surface area contributed by atoms with E-state index in [9.17, 15) is 45.3 Å².